The van der Waals surface area contributed by atoms with E-state index in [2.05, 4.69) is 10.6 Å². The molecule has 1 aliphatic rings. The quantitative estimate of drug-likeness (QED) is 0.788. The van der Waals surface area contributed by atoms with Crippen LogP contribution in [0, 0.1) is 0 Å². The van der Waals surface area contributed by atoms with E-state index in [1.807, 2.05) is 45.0 Å². The fourth-order valence-corrected chi connectivity index (χ4v) is 2.54. The van der Waals surface area contributed by atoms with Crippen molar-refractivity contribution in [3.63, 3.8) is 0 Å². The first-order chi connectivity index (χ1) is 12.3. The molecule has 2 rings (SSSR count). The molecule has 0 bridgehead atoms. The lowest BCUT2D eigenvalue weighted by molar-refractivity contribution is 0.0532. The minimum atomic E-state index is -0.518. The summed E-state index contributed by atoms with van der Waals surface area (Å²) in [6.07, 6.45) is 1.25. The second kappa shape index (κ2) is 9.43. The van der Waals surface area contributed by atoms with Gasteiger partial charge in [0.2, 0.25) is 0 Å². The molecule has 0 spiro atoms. The minimum Gasteiger partial charge on any atom is -0.444 e. The van der Waals surface area contributed by atoms with Crippen molar-refractivity contribution in [2.24, 2.45) is 0 Å². The molecule has 0 radical (unpaired) electrons. The molecule has 1 aliphatic heterocycles. The molecule has 0 aliphatic carbocycles. The number of nitrogens with zero attached hydrogens (tertiary/aromatic N) is 1. The fourth-order valence-electron chi connectivity index (χ4n) is 2.54. The van der Waals surface area contributed by atoms with E-state index < -0.39 is 11.7 Å². The molecule has 7 nitrogen and oxygen atoms in total. The van der Waals surface area contributed by atoms with Crippen LogP contribution in [-0.2, 0) is 15.9 Å². The molecule has 0 unspecified atom stereocenters. The summed E-state index contributed by atoms with van der Waals surface area (Å²) < 4.78 is 10.5. The normalized spacial score (nSPS) is 14.7. The molecule has 144 valence electrons. The Kier molecular flexibility index (Phi) is 7.26. The van der Waals surface area contributed by atoms with Crippen LogP contribution in [0.25, 0.3) is 0 Å². The van der Waals surface area contributed by atoms with Crippen LogP contribution < -0.4 is 10.6 Å². The number of anilines is 1. The van der Waals surface area contributed by atoms with Crippen LogP contribution in [0.5, 0.6) is 0 Å². The molecule has 0 aromatic heterocycles. The Labute approximate surface area is 155 Å². The molecule has 2 N–H and O–H groups in total. The van der Waals surface area contributed by atoms with Gasteiger partial charge in [0.1, 0.15) is 5.60 Å². The van der Waals surface area contributed by atoms with E-state index in [1.54, 1.807) is 4.90 Å². The number of hydrogen-bond acceptors (Lipinski definition) is 4. The molecule has 0 atom stereocenters. The van der Waals surface area contributed by atoms with Gasteiger partial charge in [0.25, 0.3) is 0 Å². The van der Waals surface area contributed by atoms with Crippen molar-refractivity contribution < 1.29 is 19.1 Å². The zero-order valence-electron chi connectivity index (χ0n) is 15.8. The number of carbonyl (C=O) groups excluding carboxylic acids is 2. The Morgan fingerprint density at radius 2 is 1.81 bits per heavy atom. The van der Waals surface area contributed by atoms with Gasteiger partial charge in [-0.2, -0.15) is 0 Å². The number of nitrogens with one attached hydrogen (secondary N) is 2. The molecular formula is C19H29N3O4. The number of carbonyl (C=O) groups is 2. The number of ether oxygens (including phenoxy) is 2. The maximum absolute atomic E-state index is 12.0. The van der Waals surface area contributed by atoms with Gasteiger partial charge in [-0.05, 0) is 51.3 Å². The summed E-state index contributed by atoms with van der Waals surface area (Å²) in [5.74, 6) is 0. The van der Waals surface area contributed by atoms with E-state index in [-0.39, 0.29) is 6.03 Å². The SMILES string of the molecule is CC(C)(C)OC(=O)Nc1ccc(CCCNC(=O)N2CCOCC2)cc1. The minimum absolute atomic E-state index is 0.0230. The van der Waals surface area contributed by atoms with Crippen molar-refractivity contribution in [2.75, 3.05) is 38.2 Å². The van der Waals surface area contributed by atoms with Crippen molar-refractivity contribution in [3.8, 4) is 0 Å². The van der Waals surface area contributed by atoms with Crippen molar-refractivity contribution in [1.29, 1.82) is 0 Å². The van der Waals surface area contributed by atoms with Crippen LogP contribution in [0.15, 0.2) is 24.3 Å². The number of morpholine rings is 1. The maximum atomic E-state index is 12.0. The predicted molar refractivity (Wildman–Crippen MR) is 100 cm³/mol. The summed E-state index contributed by atoms with van der Waals surface area (Å²) in [6, 6.07) is 7.62. The summed E-state index contributed by atoms with van der Waals surface area (Å²) in [5.41, 5.74) is 1.33. The number of rotatable bonds is 5. The van der Waals surface area contributed by atoms with Crippen LogP contribution in [0.1, 0.15) is 32.8 Å². The molecule has 3 amide bonds. The number of urea groups is 1. The maximum Gasteiger partial charge on any atom is 0.412 e. The molecule has 1 aromatic carbocycles. The van der Waals surface area contributed by atoms with E-state index in [9.17, 15) is 9.59 Å². The predicted octanol–water partition coefficient (Wildman–Crippen LogP) is 3.01. The Balaban J connectivity index is 1.67. The monoisotopic (exact) mass is 363 g/mol. The molecule has 1 heterocycles. The van der Waals surface area contributed by atoms with Gasteiger partial charge in [0, 0.05) is 25.3 Å². The Hall–Kier alpha value is -2.28. The van der Waals surface area contributed by atoms with Crippen LogP contribution in [0.3, 0.4) is 0 Å². The summed E-state index contributed by atoms with van der Waals surface area (Å²) in [6.45, 7) is 8.63. The van der Waals surface area contributed by atoms with Gasteiger partial charge in [-0.1, -0.05) is 12.1 Å². The lowest BCUT2D eigenvalue weighted by Crippen LogP contribution is -2.46. The summed E-state index contributed by atoms with van der Waals surface area (Å²) in [5, 5.41) is 5.65. The summed E-state index contributed by atoms with van der Waals surface area (Å²) >= 11 is 0. The van der Waals surface area contributed by atoms with Crippen LogP contribution in [0.4, 0.5) is 15.3 Å². The van der Waals surface area contributed by atoms with E-state index in [4.69, 9.17) is 9.47 Å². The fraction of sp³-hybridized carbons (Fsp3) is 0.579. The Morgan fingerprint density at radius 3 is 2.42 bits per heavy atom. The highest BCUT2D eigenvalue weighted by molar-refractivity contribution is 5.84. The van der Waals surface area contributed by atoms with E-state index >= 15 is 0 Å². The Bertz CT molecular complexity index is 590. The van der Waals surface area contributed by atoms with Crippen LogP contribution >= 0.6 is 0 Å². The average Bonchev–Trinajstić information content (AvgIpc) is 2.59. The van der Waals surface area contributed by atoms with Crippen molar-refractivity contribution in [3.05, 3.63) is 29.8 Å². The molecular weight excluding hydrogens is 334 g/mol. The smallest absolute Gasteiger partial charge is 0.412 e. The standard InChI is InChI=1S/C19H29N3O4/c1-19(2,3)26-18(24)21-16-8-6-15(7-9-16)5-4-10-20-17(23)22-11-13-25-14-12-22/h6-9H,4-5,10-14H2,1-3H3,(H,20,23)(H,21,24). The van der Waals surface area contributed by atoms with Gasteiger partial charge in [-0.15, -0.1) is 0 Å². The third-order valence-electron chi connectivity index (χ3n) is 3.82. The van der Waals surface area contributed by atoms with Crippen molar-refractivity contribution >= 4 is 17.8 Å². The zero-order valence-corrected chi connectivity index (χ0v) is 15.8. The summed E-state index contributed by atoms with van der Waals surface area (Å²) in [4.78, 5) is 25.5. The first-order valence-electron chi connectivity index (χ1n) is 9.03. The molecule has 1 saturated heterocycles. The number of amides is 3. The van der Waals surface area contributed by atoms with Crippen LogP contribution in [-0.4, -0.2) is 55.5 Å². The highest BCUT2D eigenvalue weighted by Crippen LogP contribution is 2.13. The third-order valence-corrected chi connectivity index (χ3v) is 3.82. The van der Waals surface area contributed by atoms with Gasteiger partial charge in [0.15, 0.2) is 0 Å². The topological polar surface area (TPSA) is 79.9 Å². The van der Waals surface area contributed by atoms with Gasteiger partial charge in [-0.3, -0.25) is 5.32 Å². The summed E-state index contributed by atoms with van der Waals surface area (Å²) in [7, 11) is 0. The first-order valence-corrected chi connectivity index (χ1v) is 9.03. The third kappa shape index (κ3) is 7.31. The largest absolute Gasteiger partial charge is 0.444 e. The average molecular weight is 363 g/mol. The second-order valence-electron chi connectivity index (χ2n) is 7.26. The highest BCUT2D eigenvalue weighted by atomic mass is 16.6. The Morgan fingerprint density at radius 1 is 1.15 bits per heavy atom. The van der Waals surface area contributed by atoms with Crippen molar-refractivity contribution in [1.82, 2.24) is 10.2 Å². The molecule has 0 saturated carbocycles. The lowest BCUT2D eigenvalue weighted by Gasteiger charge is -2.26. The van der Waals surface area contributed by atoms with Crippen LogP contribution in [0.2, 0.25) is 0 Å². The van der Waals surface area contributed by atoms with E-state index in [0.717, 1.165) is 18.4 Å². The zero-order chi connectivity index (χ0) is 19.0. The molecule has 26 heavy (non-hydrogen) atoms. The molecule has 1 aromatic rings. The highest BCUT2D eigenvalue weighted by Gasteiger charge is 2.16. The first kappa shape index (κ1) is 20.0. The van der Waals surface area contributed by atoms with Crippen molar-refractivity contribution in [2.45, 2.75) is 39.2 Å². The number of aryl methyl sites for hydroxylation is 1. The number of hydrogen-bond donors (Lipinski definition) is 2. The van der Waals surface area contributed by atoms with E-state index in [1.165, 1.54) is 0 Å². The molecule has 7 heteroatoms. The lowest BCUT2D eigenvalue weighted by atomic mass is 10.1. The number of benzene rings is 1. The van der Waals surface area contributed by atoms with E-state index in [0.29, 0.717) is 38.5 Å². The van der Waals surface area contributed by atoms with Gasteiger partial charge in [0.05, 0.1) is 13.2 Å². The second-order valence-corrected chi connectivity index (χ2v) is 7.26. The van der Waals surface area contributed by atoms with Gasteiger partial charge in [-0.25, -0.2) is 9.59 Å². The van der Waals surface area contributed by atoms with Gasteiger partial charge >= 0.3 is 12.1 Å². The van der Waals surface area contributed by atoms with Gasteiger partial charge < -0.3 is 19.7 Å². The molecule has 1 fully saturated rings.